The number of benzene rings is 3. The molecule has 0 heterocycles. The first-order valence-electron chi connectivity index (χ1n) is 8.39. The van der Waals surface area contributed by atoms with Crippen LogP contribution in [0.15, 0.2) is 72.8 Å². The molecule has 3 rings (SSSR count). The molecule has 0 saturated carbocycles. The fourth-order valence-corrected chi connectivity index (χ4v) is 2.90. The van der Waals surface area contributed by atoms with Gasteiger partial charge in [0.15, 0.2) is 0 Å². The average Bonchev–Trinajstić information content (AvgIpc) is 2.70. The Hall–Kier alpha value is -3.11. The summed E-state index contributed by atoms with van der Waals surface area (Å²) in [5.41, 5.74) is 3.68. The van der Waals surface area contributed by atoms with Gasteiger partial charge in [-0.3, -0.25) is 4.79 Å². The van der Waals surface area contributed by atoms with E-state index in [9.17, 15) is 9.59 Å². The molecule has 1 N–H and O–H groups in total. The van der Waals surface area contributed by atoms with Gasteiger partial charge in [-0.15, -0.1) is 0 Å². The molecule has 0 spiro atoms. The van der Waals surface area contributed by atoms with E-state index in [2.05, 4.69) is 5.32 Å². The average molecular weight is 380 g/mol. The van der Waals surface area contributed by atoms with Gasteiger partial charge in [-0.25, -0.2) is 4.79 Å². The fraction of sp³-hybridized carbons (Fsp3) is 0.0909. The van der Waals surface area contributed by atoms with E-state index >= 15 is 0 Å². The topological polar surface area (TPSA) is 55.4 Å². The first kappa shape index (κ1) is 18.7. The maximum atomic E-state index is 12.4. The maximum absolute atomic E-state index is 12.4. The minimum atomic E-state index is -0.556. The highest BCUT2D eigenvalue weighted by molar-refractivity contribution is 6.31. The highest BCUT2D eigenvalue weighted by Crippen LogP contribution is 2.23. The van der Waals surface area contributed by atoms with Crippen LogP contribution in [0.25, 0.3) is 11.1 Å². The fourth-order valence-electron chi connectivity index (χ4n) is 2.73. The molecule has 3 aromatic rings. The molecule has 4 nitrogen and oxygen atoms in total. The van der Waals surface area contributed by atoms with E-state index in [1.165, 1.54) is 13.2 Å². The van der Waals surface area contributed by atoms with Gasteiger partial charge in [0.1, 0.15) is 0 Å². The van der Waals surface area contributed by atoms with Crippen molar-refractivity contribution in [3.05, 3.63) is 88.9 Å². The van der Waals surface area contributed by atoms with Gasteiger partial charge in [0, 0.05) is 5.02 Å². The monoisotopic (exact) mass is 379 g/mol. The molecule has 136 valence electrons. The van der Waals surface area contributed by atoms with Crippen molar-refractivity contribution in [1.82, 2.24) is 0 Å². The molecule has 5 heteroatoms. The van der Waals surface area contributed by atoms with Gasteiger partial charge in [-0.2, -0.15) is 0 Å². The number of rotatable bonds is 5. The molecule has 0 aliphatic carbocycles. The van der Waals surface area contributed by atoms with Gasteiger partial charge in [0.05, 0.1) is 24.8 Å². The Morgan fingerprint density at radius 1 is 0.926 bits per heavy atom. The molecule has 1 amide bonds. The Bertz CT molecular complexity index is 953. The van der Waals surface area contributed by atoms with Crippen LogP contribution in [-0.4, -0.2) is 19.0 Å². The van der Waals surface area contributed by atoms with Crippen LogP contribution >= 0.6 is 11.6 Å². The van der Waals surface area contributed by atoms with Crippen LogP contribution in [-0.2, 0) is 16.0 Å². The van der Waals surface area contributed by atoms with E-state index < -0.39 is 5.97 Å². The minimum absolute atomic E-state index is 0.193. The second kappa shape index (κ2) is 8.52. The number of ether oxygens (including phenoxy) is 1. The van der Waals surface area contributed by atoms with Gasteiger partial charge < -0.3 is 10.1 Å². The second-order valence-corrected chi connectivity index (χ2v) is 6.41. The third-order valence-electron chi connectivity index (χ3n) is 4.09. The molecule has 0 aliphatic heterocycles. The van der Waals surface area contributed by atoms with Crippen molar-refractivity contribution >= 4 is 29.2 Å². The van der Waals surface area contributed by atoms with Crippen molar-refractivity contribution in [2.45, 2.75) is 6.42 Å². The lowest BCUT2D eigenvalue weighted by Crippen LogP contribution is -2.17. The molecular formula is C22H18ClNO3. The standard InChI is InChI=1S/C22H18ClNO3/c1-27-22(26)19-14-18(23)11-12-20(19)24-21(25)13-15-7-9-17(10-8-15)16-5-3-2-4-6-16/h2-12,14H,13H2,1H3,(H,24,25). The second-order valence-electron chi connectivity index (χ2n) is 5.97. The van der Waals surface area contributed by atoms with E-state index in [1.54, 1.807) is 12.1 Å². The Labute approximate surface area is 162 Å². The largest absolute Gasteiger partial charge is 0.465 e. The summed E-state index contributed by atoms with van der Waals surface area (Å²) in [6.45, 7) is 0. The number of halogens is 1. The van der Waals surface area contributed by atoms with Crippen LogP contribution in [0.2, 0.25) is 5.02 Å². The molecule has 0 bridgehead atoms. The van der Waals surface area contributed by atoms with Crippen molar-refractivity contribution in [3.8, 4) is 11.1 Å². The number of esters is 1. The Morgan fingerprint density at radius 3 is 2.26 bits per heavy atom. The van der Waals surface area contributed by atoms with E-state index in [-0.39, 0.29) is 17.9 Å². The van der Waals surface area contributed by atoms with Crippen molar-refractivity contribution in [2.24, 2.45) is 0 Å². The predicted molar refractivity (Wildman–Crippen MR) is 107 cm³/mol. The number of carbonyl (C=O) groups excluding carboxylic acids is 2. The smallest absolute Gasteiger partial charge is 0.340 e. The number of nitrogens with one attached hydrogen (secondary N) is 1. The number of carbonyl (C=O) groups is 2. The molecule has 0 saturated heterocycles. The van der Waals surface area contributed by atoms with E-state index in [0.29, 0.717) is 10.7 Å². The van der Waals surface area contributed by atoms with Crippen LogP contribution in [0.5, 0.6) is 0 Å². The highest BCUT2D eigenvalue weighted by Gasteiger charge is 2.15. The zero-order valence-electron chi connectivity index (χ0n) is 14.7. The summed E-state index contributed by atoms with van der Waals surface area (Å²) in [6, 6.07) is 22.5. The number of hydrogen-bond donors (Lipinski definition) is 1. The lowest BCUT2D eigenvalue weighted by molar-refractivity contribution is -0.115. The van der Waals surface area contributed by atoms with Crippen LogP contribution in [0.1, 0.15) is 15.9 Å². The van der Waals surface area contributed by atoms with Gasteiger partial charge in [0.2, 0.25) is 5.91 Å². The van der Waals surface area contributed by atoms with Crippen LogP contribution in [0, 0.1) is 0 Å². The maximum Gasteiger partial charge on any atom is 0.340 e. The zero-order valence-corrected chi connectivity index (χ0v) is 15.5. The SMILES string of the molecule is COC(=O)c1cc(Cl)ccc1NC(=O)Cc1ccc(-c2ccccc2)cc1. The molecular weight excluding hydrogens is 362 g/mol. The summed E-state index contributed by atoms with van der Waals surface area (Å²) in [5, 5.41) is 3.14. The molecule has 27 heavy (non-hydrogen) atoms. The number of amides is 1. The first-order valence-corrected chi connectivity index (χ1v) is 8.76. The Kier molecular flexibility index (Phi) is 5.89. The number of anilines is 1. The lowest BCUT2D eigenvalue weighted by Gasteiger charge is -2.10. The normalized spacial score (nSPS) is 10.3. The summed E-state index contributed by atoms with van der Waals surface area (Å²) in [7, 11) is 1.28. The van der Waals surface area contributed by atoms with Crippen LogP contribution in [0.4, 0.5) is 5.69 Å². The lowest BCUT2D eigenvalue weighted by atomic mass is 10.0. The summed E-state index contributed by atoms with van der Waals surface area (Å²) in [6.07, 6.45) is 0.193. The molecule has 0 fully saturated rings. The number of hydrogen-bond acceptors (Lipinski definition) is 3. The van der Waals surface area contributed by atoms with Crippen molar-refractivity contribution in [3.63, 3.8) is 0 Å². The quantitative estimate of drug-likeness (QED) is 0.636. The van der Waals surface area contributed by atoms with Crippen molar-refractivity contribution in [1.29, 1.82) is 0 Å². The predicted octanol–water partition coefficient (Wildman–Crippen LogP) is 4.97. The molecule has 0 unspecified atom stereocenters. The minimum Gasteiger partial charge on any atom is -0.465 e. The first-order chi connectivity index (χ1) is 13.1. The Morgan fingerprint density at radius 2 is 1.59 bits per heavy atom. The van der Waals surface area contributed by atoms with Gasteiger partial charge in [0.25, 0.3) is 0 Å². The molecule has 0 radical (unpaired) electrons. The highest BCUT2D eigenvalue weighted by atomic mass is 35.5. The van der Waals surface area contributed by atoms with Crippen molar-refractivity contribution < 1.29 is 14.3 Å². The van der Waals surface area contributed by atoms with Crippen molar-refractivity contribution in [2.75, 3.05) is 12.4 Å². The van der Waals surface area contributed by atoms with Gasteiger partial charge in [-0.1, -0.05) is 66.2 Å². The summed E-state index contributed by atoms with van der Waals surface area (Å²) in [4.78, 5) is 24.3. The Balaban J connectivity index is 1.71. The molecule has 0 atom stereocenters. The van der Waals surface area contributed by atoms with Gasteiger partial charge in [-0.05, 0) is 34.9 Å². The summed E-state index contributed by atoms with van der Waals surface area (Å²) in [5.74, 6) is -0.782. The van der Waals surface area contributed by atoms with Gasteiger partial charge >= 0.3 is 5.97 Å². The zero-order chi connectivity index (χ0) is 19.2. The van der Waals surface area contributed by atoms with Crippen LogP contribution < -0.4 is 5.32 Å². The molecule has 0 aromatic heterocycles. The summed E-state index contributed by atoms with van der Waals surface area (Å²) < 4.78 is 4.74. The third kappa shape index (κ3) is 4.74. The molecule has 3 aromatic carbocycles. The summed E-state index contributed by atoms with van der Waals surface area (Å²) >= 11 is 5.93. The molecule has 0 aliphatic rings. The van der Waals surface area contributed by atoms with Crippen LogP contribution in [0.3, 0.4) is 0 Å². The van der Waals surface area contributed by atoms with E-state index in [0.717, 1.165) is 16.7 Å². The third-order valence-corrected chi connectivity index (χ3v) is 4.32. The van der Waals surface area contributed by atoms with E-state index in [1.807, 2.05) is 54.6 Å². The number of methoxy groups -OCH3 is 1. The van der Waals surface area contributed by atoms with E-state index in [4.69, 9.17) is 16.3 Å².